The van der Waals surface area contributed by atoms with E-state index in [4.69, 9.17) is 9.47 Å². The smallest absolute Gasteiger partial charge is 0.253 e. The van der Waals surface area contributed by atoms with E-state index in [1.807, 2.05) is 0 Å². The van der Waals surface area contributed by atoms with Crippen LogP contribution in [0.4, 0.5) is 5.69 Å². The molecule has 1 amide bonds. The monoisotopic (exact) mass is 320 g/mol. The first-order valence-corrected chi connectivity index (χ1v) is 7.42. The topological polar surface area (TPSA) is 77.5 Å². The molecule has 2 rings (SSSR count). The predicted molar refractivity (Wildman–Crippen MR) is 83.5 cm³/mol. The number of rotatable bonds is 7. The Hall–Kier alpha value is -2.25. The Morgan fingerprint density at radius 3 is 2.55 bits per heavy atom. The highest BCUT2D eigenvalue weighted by molar-refractivity contribution is 7.11. The second kappa shape index (κ2) is 7.67. The molecule has 1 N–H and O–H groups in total. The summed E-state index contributed by atoms with van der Waals surface area (Å²) in [7, 11) is 2.96. The maximum atomic E-state index is 12.2. The van der Waals surface area contributed by atoms with Gasteiger partial charge in [0.1, 0.15) is 11.9 Å². The standard InChI is InChI=1S/C15H16N2O4S/c1-20-11-5-3-10(4-6-11)17-14(19)13(21-2)9-12(18)15-16-7-8-22-15/h3-8,13H,9H2,1-2H3,(H,17,19)/t13-/m1/s1. The Balaban J connectivity index is 1.97. The number of thiazole rings is 1. The van der Waals surface area contributed by atoms with Gasteiger partial charge < -0.3 is 14.8 Å². The quantitative estimate of drug-likeness (QED) is 0.793. The molecule has 0 unspecified atom stereocenters. The zero-order valence-corrected chi connectivity index (χ0v) is 13.1. The summed E-state index contributed by atoms with van der Waals surface area (Å²) in [6.07, 6.45) is 0.641. The van der Waals surface area contributed by atoms with E-state index in [0.717, 1.165) is 0 Å². The van der Waals surface area contributed by atoms with Crippen molar-refractivity contribution in [3.8, 4) is 5.75 Å². The van der Waals surface area contributed by atoms with Crippen molar-refractivity contribution in [3.63, 3.8) is 0 Å². The van der Waals surface area contributed by atoms with E-state index in [1.54, 1.807) is 43.0 Å². The number of ether oxygens (including phenoxy) is 2. The molecule has 1 aromatic carbocycles. The molecule has 0 saturated carbocycles. The lowest BCUT2D eigenvalue weighted by molar-refractivity contribution is -0.125. The Morgan fingerprint density at radius 2 is 2.00 bits per heavy atom. The van der Waals surface area contributed by atoms with Gasteiger partial charge in [0, 0.05) is 30.8 Å². The number of Topliss-reactive ketones (excluding diaryl/α,β-unsaturated/α-hetero) is 1. The SMILES string of the molecule is COc1ccc(NC(=O)[C@@H](CC(=O)c2nccs2)OC)cc1. The van der Waals surface area contributed by atoms with Gasteiger partial charge in [-0.1, -0.05) is 0 Å². The summed E-state index contributed by atoms with van der Waals surface area (Å²) in [5.41, 5.74) is 0.606. The molecule has 0 aliphatic rings. The molecular formula is C15H16N2O4S. The number of amides is 1. The number of ketones is 1. The third kappa shape index (κ3) is 4.12. The average molecular weight is 320 g/mol. The summed E-state index contributed by atoms with van der Waals surface area (Å²) in [5, 5.41) is 4.80. The predicted octanol–water partition coefficient (Wildman–Crippen LogP) is 2.38. The number of nitrogens with zero attached hydrogens (tertiary/aromatic N) is 1. The molecule has 0 saturated heterocycles. The van der Waals surface area contributed by atoms with E-state index in [2.05, 4.69) is 10.3 Å². The molecule has 0 aliphatic heterocycles. The minimum atomic E-state index is -0.862. The number of hydrogen-bond donors (Lipinski definition) is 1. The zero-order valence-electron chi connectivity index (χ0n) is 12.2. The van der Waals surface area contributed by atoms with Crippen LogP contribution in [0.15, 0.2) is 35.8 Å². The van der Waals surface area contributed by atoms with E-state index >= 15 is 0 Å². The molecule has 116 valence electrons. The fraction of sp³-hybridized carbons (Fsp3) is 0.267. The first-order chi connectivity index (χ1) is 10.6. The number of benzene rings is 1. The molecule has 7 heteroatoms. The third-order valence-electron chi connectivity index (χ3n) is 2.98. The van der Waals surface area contributed by atoms with Gasteiger partial charge in [0.25, 0.3) is 5.91 Å². The van der Waals surface area contributed by atoms with Crippen LogP contribution in [0.5, 0.6) is 5.75 Å². The van der Waals surface area contributed by atoms with Gasteiger partial charge in [0.2, 0.25) is 0 Å². The zero-order chi connectivity index (χ0) is 15.9. The lowest BCUT2D eigenvalue weighted by atomic mass is 10.1. The van der Waals surface area contributed by atoms with Crippen LogP contribution in [-0.4, -0.2) is 37.0 Å². The molecule has 1 aromatic heterocycles. The molecule has 1 heterocycles. The lowest BCUT2D eigenvalue weighted by Crippen LogP contribution is -2.31. The molecule has 0 spiro atoms. The number of methoxy groups -OCH3 is 2. The van der Waals surface area contributed by atoms with Crippen molar-refractivity contribution < 1.29 is 19.1 Å². The minimum absolute atomic E-state index is 0.0496. The van der Waals surface area contributed by atoms with Crippen LogP contribution >= 0.6 is 11.3 Å². The Morgan fingerprint density at radius 1 is 1.27 bits per heavy atom. The Bertz CT molecular complexity index is 626. The lowest BCUT2D eigenvalue weighted by Gasteiger charge is -2.14. The van der Waals surface area contributed by atoms with E-state index in [0.29, 0.717) is 16.4 Å². The van der Waals surface area contributed by atoms with Crippen molar-refractivity contribution >= 4 is 28.7 Å². The number of aromatic nitrogens is 1. The summed E-state index contributed by atoms with van der Waals surface area (Å²) in [5.74, 6) is 0.101. The van der Waals surface area contributed by atoms with Gasteiger partial charge in [0.15, 0.2) is 10.8 Å². The summed E-state index contributed by atoms with van der Waals surface area (Å²) < 4.78 is 10.2. The number of carbonyl (C=O) groups excluding carboxylic acids is 2. The largest absolute Gasteiger partial charge is 0.497 e. The van der Waals surface area contributed by atoms with E-state index in [1.165, 1.54) is 18.4 Å². The van der Waals surface area contributed by atoms with Crippen molar-refractivity contribution in [2.75, 3.05) is 19.5 Å². The molecular weight excluding hydrogens is 304 g/mol. The van der Waals surface area contributed by atoms with Crippen molar-refractivity contribution in [2.45, 2.75) is 12.5 Å². The van der Waals surface area contributed by atoms with Gasteiger partial charge in [-0.15, -0.1) is 11.3 Å². The van der Waals surface area contributed by atoms with Crippen LogP contribution in [0.2, 0.25) is 0 Å². The van der Waals surface area contributed by atoms with Gasteiger partial charge in [-0.2, -0.15) is 0 Å². The fourth-order valence-corrected chi connectivity index (χ4v) is 2.38. The normalized spacial score (nSPS) is 11.7. The summed E-state index contributed by atoms with van der Waals surface area (Å²) in [6, 6.07) is 6.90. The van der Waals surface area contributed by atoms with Gasteiger partial charge in [-0.25, -0.2) is 4.98 Å². The van der Waals surface area contributed by atoms with Crippen LogP contribution in [-0.2, 0) is 9.53 Å². The Kier molecular flexibility index (Phi) is 5.62. The van der Waals surface area contributed by atoms with Crippen LogP contribution in [0.1, 0.15) is 16.2 Å². The molecule has 2 aromatic rings. The maximum Gasteiger partial charge on any atom is 0.253 e. The van der Waals surface area contributed by atoms with Crippen molar-refractivity contribution in [3.05, 3.63) is 40.8 Å². The molecule has 0 fully saturated rings. The number of anilines is 1. The number of hydrogen-bond acceptors (Lipinski definition) is 6. The van der Waals surface area contributed by atoms with Crippen molar-refractivity contribution in [1.29, 1.82) is 0 Å². The molecule has 0 aliphatic carbocycles. The molecule has 0 bridgehead atoms. The molecule has 22 heavy (non-hydrogen) atoms. The number of carbonyl (C=O) groups is 2. The first kappa shape index (κ1) is 16.1. The van der Waals surface area contributed by atoms with Crippen LogP contribution in [0, 0.1) is 0 Å². The summed E-state index contributed by atoms with van der Waals surface area (Å²) in [4.78, 5) is 28.1. The first-order valence-electron chi connectivity index (χ1n) is 6.54. The van der Waals surface area contributed by atoms with E-state index < -0.39 is 6.10 Å². The van der Waals surface area contributed by atoms with Crippen LogP contribution in [0.25, 0.3) is 0 Å². The summed E-state index contributed by atoms with van der Waals surface area (Å²) in [6.45, 7) is 0. The summed E-state index contributed by atoms with van der Waals surface area (Å²) >= 11 is 1.24. The van der Waals surface area contributed by atoms with Gasteiger partial charge >= 0.3 is 0 Å². The van der Waals surface area contributed by atoms with E-state index in [-0.39, 0.29) is 18.1 Å². The van der Waals surface area contributed by atoms with Crippen molar-refractivity contribution in [1.82, 2.24) is 4.98 Å². The fourth-order valence-electron chi connectivity index (χ4n) is 1.80. The molecule has 1 atom stereocenters. The third-order valence-corrected chi connectivity index (χ3v) is 3.79. The van der Waals surface area contributed by atoms with Crippen molar-refractivity contribution in [2.24, 2.45) is 0 Å². The second-order valence-electron chi connectivity index (χ2n) is 4.41. The highest BCUT2D eigenvalue weighted by Gasteiger charge is 2.23. The molecule has 6 nitrogen and oxygen atoms in total. The van der Waals surface area contributed by atoms with Crippen LogP contribution in [0.3, 0.4) is 0 Å². The number of nitrogens with one attached hydrogen (secondary N) is 1. The highest BCUT2D eigenvalue weighted by atomic mass is 32.1. The molecule has 0 radical (unpaired) electrons. The van der Waals surface area contributed by atoms with Crippen LogP contribution < -0.4 is 10.1 Å². The minimum Gasteiger partial charge on any atom is -0.497 e. The van der Waals surface area contributed by atoms with Gasteiger partial charge in [-0.3, -0.25) is 9.59 Å². The highest BCUT2D eigenvalue weighted by Crippen LogP contribution is 2.16. The Labute approximate surface area is 132 Å². The maximum absolute atomic E-state index is 12.2. The van der Waals surface area contributed by atoms with Gasteiger partial charge in [0.05, 0.1) is 7.11 Å². The van der Waals surface area contributed by atoms with E-state index in [9.17, 15) is 9.59 Å². The van der Waals surface area contributed by atoms with Gasteiger partial charge in [-0.05, 0) is 24.3 Å². The average Bonchev–Trinajstić information content (AvgIpc) is 3.07. The second-order valence-corrected chi connectivity index (χ2v) is 5.30.